The molecule has 6 heteroatoms. The zero-order valence-corrected chi connectivity index (χ0v) is 14.9. The van der Waals surface area contributed by atoms with Gasteiger partial charge in [0.25, 0.3) is 0 Å². The number of rotatable bonds is 3. The zero-order valence-electron chi connectivity index (χ0n) is 14.9. The van der Waals surface area contributed by atoms with Crippen LogP contribution >= 0.6 is 0 Å². The Labute approximate surface area is 144 Å². The fraction of sp³-hybridized carbons (Fsp3) is 0.778. The molecule has 1 N–H and O–H groups in total. The molecule has 2 atom stereocenters. The molecule has 0 radical (unpaired) electrons. The third-order valence-electron chi connectivity index (χ3n) is 5.93. The predicted molar refractivity (Wildman–Crippen MR) is 94.4 cm³/mol. The molecule has 132 valence electrons. The molecule has 1 aromatic heterocycles. The summed E-state index contributed by atoms with van der Waals surface area (Å²) in [4.78, 5) is 16.5. The van der Waals surface area contributed by atoms with Gasteiger partial charge in [0.1, 0.15) is 0 Å². The molecule has 0 bridgehead atoms. The Morgan fingerprint density at radius 1 is 1.08 bits per heavy atom. The van der Waals surface area contributed by atoms with E-state index in [2.05, 4.69) is 39.7 Å². The number of hydrogen-bond acceptors (Lipinski definition) is 6. The Morgan fingerprint density at radius 2 is 1.83 bits per heavy atom. The predicted octanol–water partition coefficient (Wildman–Crippen LogP) is 0.849. The minimum atomic E-state index is -0.315. The van der Waals surface area contributed by atoms with Gasteiger partial charge in [0.15, 0.2) is 0 Å². The van der Waals surface area contributed by atoms with Crippen molar-refractivity contribution in [1.82, 2.24) is 19.8 Å². The lowest BCUT2D eigenvalue weighted by molar-refractivity contribution is 0.0512. The average Bonchev–Trinajstić information content (AvgIpc) is 2.88. The van der Waals surface area contributed by atoms with Crippen LogP contribution < -0.4 is 4.90 Å². The number of likely N-dealkylation sites (N-methyl/N-ethyl adjacent to an activating group) is 1. The lowest BCUT2D eigenvalue weighted by Crippen LogP contribution is -2.52. The van der Waals surface area contributed by atoms with Crippen LogP contribution in [0.5, 0.6) is 0 Å². The summed E-state index contributed by atoms with van der Waals surface area (Å²) >= 11 is 0. The number of anilines is 1. The number of aromatic nitrogens is 2. The molecule has 3 heterocycles. The van der Waals surface area contributed by atoms with Crippen LogP contribution in [-0.2, 0) is 0 Å². The van der Waals surface area contributed by atoms with E-state index in [-0.39, 0.29) is 12.1 Å². The van der Waals surface area contributed by atoms with Gasteiger partial charge in [-0.15, -0.1) is 0 Å². The molecule has 2 aliphatic heterocycles. The van der Waals surface area contributed by atoms with Crippen LogP contribution in [0.2, 0.25) is 0 Å². The smallest absolute Gasteiger partial charge is 0.225 e. The SMILES string of the molecule is Cc1cc(C2CCC2)nc(N2C[C@H](O)[C@@H](N3CCN(C)CC3)C2)n1. The summed E-state index contributed by atoms with van der Waals surface area (Å²) in [6.07, 6.45) is 3.51. The van der Waals surface area contributed by atoms with E-state index in [0.717, 1.165) is 44.4 Å². The number of aliphatic hydroxyl groups excluding tert-OH is 1. The molecule has 1 saturated carbocycles. The topological polar surface area (TPSA) is 55.7 Å². The number of piperazine rings is 1. The third kappa shape index (κ3) is 3.15. The third-order valence-corrected chi connectivity index (χ3v) is 5.93. The largest absolute Gasteiger partial charge is 0.390 e. The zero-order chi connectivity index (χ0) is 16.7. The van der Waals surface area contributed by atoms with E-state index in [0.29, 0.717) is 12.5 Å². The lowest BCUT2D eigenvalue weighted by Gasteiger charge is -2.37. The highest BCUT2D eigenvalue weighted by Gasteiger charge is 2.37. The molecular formula is C18H29N5O. The quantitative estimate of drug-likeness (QED) is 0.886. The van der Waals surface area contributed by atoms with Gasteiger partial charge in [-0.3, -0.25) is 4.90 Å². The van der Waals surface area contributed by atoms with Gasteiger partial charge >= 0.3 is 0 Å². The lowest BCUT2D eigenvalue weighted by atomic mass is 9.83. The van der Waals surface area contributed by atoms with E-state index in [9.17, 15) is 5.11 Å². The second-order valence-electron chi connectivity index (χ2n) is 7.74. The molecule has 3 fully saturated rings. The van der Waals surface area contributed by atoms with E-state index >= 15 is 0 Å². The fourth-order valence-corrected chi connectivity index (χ4v) is 4.08. The number of hydrogen-bond donors (Lipinski definition) is 1. The highest BCUT2D eigenvalue weighted by molar-refractivity contribution is 5.36. The van der Waals surface area contributed by atoms with Crippen LogP contribution in [0.25, 0.3) is 0 Å². The molecule has 2 saturated heterocycles. The van der Waals surface area contributed by atoms with Gasteiger partial charge < -0.3 is 14.9 Å². The molecule has 24 heavy (non-hydrogen) atoms. The maximum Gasteiger partial charge on any atom is 0.225 e. The van der Waals surface area contributed by atoms with Gasteiger partial charge in [0, 0.05) is 56.6 Å². The molecule has 3 aliphatic rings. The van der Waals surface area contributed by atoms with Gasteiger partial charge in [-0.2, -0.15) is 0 Å². The summed E-state index contributed by atoms with van der Waals surface area (Å²) in [6.45, 7) is 7.76. The molecule has 1 aromatic rings. The van der Waals surface area contributed by atoms with Crippen LogP contribution in [0.3, 0.4) is 0 Å². The second kappa shape index (κ2) is 6.58. The van der Waals surface area contributed by atoms with Gasteiger partial charge in [0.2, 0.25) is 5.95 Å². The van der Waals surface area contributed by atoms with Crippen LogP contribution in [0, 0.1) is 6.92 Å². The van der Waals surface area contributed by atoms with Crippen LogP contribution in [-0.4, -0.2) is 83.3 Å². The number of nitrogens with zero attached hydrogens (tertiary/aromatic N) is 5. The van der Waals surface area contributed by atoms with E-state index < -0.39 is 0 Å². The van der Waals surface area contributed by atoms with Crippen molar-refractivity contribution < 1.29 is 5.11 Å². The highest BCUT2D eigenvalue weighted by Crippen LogP contribution is 2.36. The first-order chi connectivity index (χ1) is 11.6. The Balaban J connectivity index is 1.48. The molecule has 0 aromatic carbocycles. The van der Waals surface area contributed by atoms with Crippen molar-refractivity contribution in [2.24, 2.45) is 0 Å². The van der Waals surface area contributed by atoms with Crippen molar-refractivity contribution in [1.29, 1.82) is 0 Å². The summed E-state index contributed by atoms with van der Waals surface area (Å²) in [5, 5.41) is 10.6. The van der Waals surface area contributed by atoms with Crippen molar-refractivity contribution in [2.45, 2.75) is 44.2 Å². The molecule has 1 aliphatic carbocycles. The summed E-state index contributed by atoms with van der Waals surface area (Å²) in [6, 6.07) is 2.34. The Hall–Kier alpha value is -1.24. The van der Waals surface area contributed by atoms with Gasteiger partial charge in [-0.05, 0) is 32.9 Å². The number of aliphatic hydroxyl groups is 1. The minimum Gasteiger partial charge on any atom is -0.390 e. The van der Waals surface area contributed by atoms with Crippen molar-refractivity contribution in [3.8, 4) is 0 Å². The molecule has 0 unspecified atom stereocenters. The van der Waals surface area contributed by atoms with E-state index in [1.165, 1.54) is 25.0 Å². The summed E-state index contributed by atoms with van der Waals surface area (Å²) in [5.41, 5.74) is 2.24. The van der Waals surface area contributed by atoms with Gasteiger partial charge in [-0.1, -0.05) is 6.42 Å². The Kier molecular flexibility index (Phi) is 4.45. The summed E-state index contributed by atoms with van der Waals surface area (Å²) in [7, 11) is 2.16. The average molecular weight is 331 g/mol. The van der Waals surface area contributed by atoms with Crippen LogP contribution in [0.4, 0.5) is 5.95 Å². The summed E-state index contributed by atoms with van der Waals surface area (Å²) in [5.74, 6) is 1.43. The standard InChI is InChI=1S/C18H29N5O/c1-13-10-15(14-4-3-5-14)20-18(19-13)23-11-16(17(24)12-23)22-8-6-21(2)7-9-22/h10,14,16-17,24H,3-9,11-12H2,1-2H3/t16-,17-/m0/s1. The van der Waals surface area contributed by atoms with Crippen molar-refractivity contribution in [2.75, 3.05) is 51.2 Å². The monoisotopic (exact) mass is 331 g/mol. The second-order valence-corrected chi connectivity index (χ2v) is 7.74. The van der Waals surface area contributed by atoms with E-state index in [4.69, 9.17) is 4.98 Å². The molecule has 4 rings (SSSR count). The first-order valence-corrected chi connectivity index (χ1v) is 9.31. The summed E-state index contributed by atoms with van der Waals surface area (Å²) < 4.78 is 0. The molecule has 6 nitrogen and oxygen atoms in total. The maximum absolute atomic E-state index is 10.6. The van der Waals surface area contributed by atoms with Crippen LogP contribution in [0.1, 0.15) is 36.6 Å². The van der Waals surface area contributed by atoms with Crippen molar-refractivity contribution in [3.05, 3.63) is 17.5 Å². The fourth-order valence-electron chi connectivity index (χ4n) is 4.08. The molecular weight excluding hydrogens is 302 g/mol. The normalized spacial score (nSPS) is 29.9. The number of aryl methyl sites for hydroxylation is 1. The maximum atomic E-state index is 10.6. The Morgan fingerprint density at radius 3 is 2.50 bits per heavy atom. The van der Waals surface area contributed by atoms with Crippen molar-refractivity contribution >= 4 is 5.95 Å². The van der Waals surface area contributed by atoms with Crippen molar-refractivity contribution in [3.63, 3.8) is 0 Å². The number of β-amino-alcohol motifs (C(OH)–C–C–N with tert-alkyl or cyclic N) is 1. The molecule has 0 spiro atoms. The molecule has 0 amide bonds. The van der Waals surface area contributed by atoms with Gasteiger partial charge in [0.05, 0.1) is 12.1 Å². The van der Waals surface area contributed by atoms with E-state index in [1.807, 2.05) is 0 Å². The Bertz CT molecular complexity index is 583. The first-order valence-electron chi connectivity index (χ1n) is 9.31. The highest BCUT2D eigenvalue weighted by atomic mass is 16.3. The van der Waals surface area contributed by atoms with E-state index in [1.54, 1.807) is 0 Å². The van der Waals surface area contributed by atoms with Crippen LogP contribution in [0.15, 0.2) is 6.07 Å². The first kappa shape index (κ1) is 16.2. The minimum absolute atomic E-state index is 0.204. The van der Waals surface area contributed by atoms with Gasteiger partial charge in [-0.25, -0.2) is 9.97 Å².